The highest BCUT2D eigenvalue weighted by atomic mass is 35.5. The van der Waals surface area contributed by atoms with E-state index in [-0.39, 0.29) is 18.4 Å². The third kappa shape index (κ3) is 5.37. The molecule has 0 heterocycles. The number of nitrogens with zero attached hydrogens (tertiary/aromatic N) is 1. The van der Waals surface area contributed by atoms with E-state index in [0.717, 1.165) is 11.1 Å². The fourth-order valence-electron chi connectivity index (χ4n) is 2.64. The van der Waals surface area contributed by atoms with E-state index in [4.69, 9.17) is 21.1 Å². The molecule has 0 saturated heterocycles. The zero-order valence-electron chi connectivity index (χ0n) is 15.8. The van der Waals surface area contributed by atoms with Crippen LogP contribution in [0.15, 0.2) is 36.4 Å². The van der Waals surface area contributed by atoms with Gasteiger partial charge in [-0.15, -0.1) is 0 Å². The summed E-state index contributed by atoms with van der Waals surface area (Å²) in [5.74, 6) is 0.174. The summed E-state index contributed by atoms with van der Waals surface area (Å²) in [6.07, 6.45) is 0. The molecule has 0 bridgehead atoms. The molecule has 27 heavy (non-hydrogen) atoms. The van der Waals surface area contributed by atoms with Crippen molar-refractivity contribution in [2.75, 3.05) is 25.7 Å². The average molecular weight is 391 g/mol. The van der Waals surface area contributed by atoms with Gasteiger partial charge in [0.2, 0.25) is 11.8 Å². The van der Waals surface area contributed by atoms with Crippen molar-refractivity contribution in [3.8, 4) is 11.5 Å². The Morgan fingerprint density at radius 2 is 1.81 bits per heavy atom. The number of carbonyl (C=O) groups is 2. The maximum atomic E-state index is 12.4. The second-order valence-electron chi connectivity index (χ2n) is 6.03. The topological polar surface area (TPSA) is 67.9 Å². The normalized spacial score (nSPS) is 10.3. The fraction of sp³-hybridized carbons (Fsp3) is 0.300. The van der Waals surface area contributed by atoms with Crippen LogP contribution in [0.25, 0.3) is 0 Å². The summed E-state index contributed by atoms with van der Waals surface area (Å²) in [6, 6.07) is 11.0. The first-order valence-corrected chi connectivity index (χ1v) is 8.75. The summed E-state index contributed by atoms with van der Waals surface area (Å²) < 4.78 is 10.5. The van der Waals surface area contributed by atoms with Crippen LogP contribution in [0.3, 0.4) is 0 Å². The summed E-state index contributed by atoms with van der Waals surface area (Å²) in [4.78, 5) is 25.9. The van der Waals surface area contributed by atoms with Crippen molar-refractivity contribution in [1.29, 1.82) is 0 Å². The van der Waals surface area contributed by atoms with Crippen LogP contribution in [0.4, 0.5) is 5.69 Å². The van der Waals surface area contributed by atoms with Crippen molar-refractivity contribution in [1.82, 2.24) is 5.32 Å². The van der Waals surface area contributed by atoms with Gasteiger partial charge in [-0.3, -0.25) is 14.5 Å². The quantitative estimate of drug-likeness (QED) is 0.787. The van der Waals surface area contributed by atoms with E-state index < -0.39 is 0 Å². The minimum absolute atomic E-state index is 0.151. The second kappa shape index (κ2) is 9.28. The predicted molar refractivity (Wildman–Crippen MR) is 106 cm³/mol. The van der Waals surface area contributed by atoms with Gasteiger partial charge in [0, 0.05) is 25.6 Å². The molecule has 2 rings (SSSR count). The standard InChI is InChI=1S/C20H23ClN2O4/c1-13-6-5-7-15(8-13)11-22-20(25)12-23(14(2)24)17-10-18(26-3)16(21)9-19(17)27-4/h5-10H,11-12H2,1-4H3,(H,22,25). The highest BCUT2D eigenvalue weighted by Gasteiger charge is 2.21. The minimum atomic E-state index is -0.302. The highest BCUT2D eigenvalue weighted by Crippen LogP contribution is 2.38. The molecule has 2 aromatic carbocycles. The first kappa shape index (κ1) is 20.6. The molecule has 0 spiro atoms. The molecule has 0 fully saturated rings. The van der Waals surface area contributed by atoms with E-state index >= 15 is 0 Å². The molecule has 0 unspecified atom stereocenters. The molecule has 144 valence electrons. The van der Waals surface area contributed by atoms with Crippen molar-refractivity contribution in [2.45, 2.75) is 20.4 Å². The lowest BCUT2D eigenvalue weighted by molar-refractivity contribution is -0.123. The Hall–Kier alpha value is -2.73. The first-order valence-electron chi connectivity index (χ1n) is 8.37. The SMILES string of the molecule is COc1cc(N(CC(=O)NCc2cccc(C)c2)C(C)=O)c(OC)cc1Cl. The van der Waals surface area contributed by atoms with E-state index in [0.29, 0.717) is 28.8 Å². The minimum Gasteiger partial charge on any atom is -0.495 e. The summed E-state index contributed by atoms with van der Waals surface area (Å²) in [6.45, 7) is 3.60. The molecule has 1 N–H and O–H groups in total. The van der Waals surface area contributed by atoms with Crippen molar-refractivity contribution in [3.05, 3.63) is 52.5 Å². The third-order valence-electron chi connectivity index (χ3n) is 4.00. The van der Waals surface area contributed by atoms with E-state index in [9.17, 15) is 9.59 Å². The highest BCUT2D eigenvalue weighted by molar-refractivity contribution is 6.32. The number of carbonyl (C=O) groups excluding carboxylic acids is 2. The van der Waals surface area contributed by atoms with Gasteiger partial charge in [0.1, 0.15) is 18.0 Å². The largest absolute Gasteiger partial charge is 0.495 e. The van der Waals surface area contributed by atoms with E-state index in [1.807, 2.05) is 31.2 Å². The van der Waals surface area contributed by atoms with Crippen LogP contribution < -0.4 is 19.7 Å². The Labute approximate surface area is 164 Å². The molecule has 0 radical (unpaired) electrons. The van der Waals surface area contributed by atoms with E-state index in [2.05, 4.69) is 5.32 Å². The average Bonchev–Trinajstić information content (AvgIpc) is 2.64. The van der Waals surface area contributed by atoms with Crippen LogP contribution in [0.1, 0.15) is 18.1 Å². The van der Waals surface area contributed by atoms with Crippen molar-refractivity contribution in [3.63, 3.8) is 0 Å². The number of nitrogens with one attached hydrogen (secondary N) is 1. The van der Waals surface area contributed by atoms with Crippen LogP contribution in [0.2, 0.25) is 5.02 Å². The van der Waals surface area contributed by atoms with Crippen molar-refractivity contribution in [2.24, 2.45) is 0 Å². The summed E-state index contributed by atoms with van der Waals surface area (Å²) in [5, 5.41) is 3.18. The second-order valence-corrected chi connectivity index (χ2v) is 6.44. The summed E-state index contributed by atoms with van der Waals surface area (Å²) in [7, 11) is 2.95. The molecular formula is C20H23ClN2O4. The summed E-state index contributed by atoms with van der Waals surface area (Å²) in [5.41, 5.74) is 2.52. The fourth-order valence-corrected chi connectivity index (χ4v) is 2.87. The molecule has 0 aliphatic heterocycles. The molecule has 0 aliphatic carbocycles. The lowest BCUT2D eigenvalue weighted by Crippen LogP contribution is -2.39. The first-order chi connectivity index (χ1) is 12.8. The Morgan fingerprint density at radius 1 is 1.11 bits per heavy atom. The number of hydrogen-bond donors (Lipinski definition) is 1. The number of aryl methyl sites for hydroxylation is 1. The van der Waals surface area contributed by atoms with Gasteiger partial charge in [-0.2, -0.15) is 0 Å². The lowest BCUT2D eigenvalue weighted by Gasteiger charge is -2.23. The molecule has 7 heteroatoms. The van der Waals surface area contributed by atoms with Crippen LogP contribution in [-0.2, 0) is 16.1 Å². The maximum Gasteiger partial charge on any atom is 0.240 e. The number of hydrogen-bond acceptors (Lipinski definition) is 4. The number of anilines is 1. The van der Waals surface area contributed by atoms with Gasteiger partial charge in [0.15, 0.2) is 0 Å². The Balaban J connectivity index is 2.18. The monoisotopic (exact) mass is 390 g/mol. The molecule has 2 aromatic rings. The van der Waals surface area contributed by atoms with Gasteiger partial charge in [0.05, 0.1) is 24.9 Å². The van der Waals surface area contributed by atoms with Crippen LogP contribution >= 0.6 is 11.6 Å². The smallest absolute Gasteiger partial charge is 0.240 e. The van der Waals surface area contributed by atoms with Gasteiger partial charge < -0.3 is 14.8 Å². The van der Waals surface area contributed by atoms with Gasteiger partial charge in [-0.1, -0.05) is 41.4 Å². The molecule has 6 nitrogen and oxygen atoms in total. The molecular weight excluding hydrogens is 368 g/mol. The van der Waals surface area contributed by atoms with Gasteiger partial charge >= 0.3 is 0 Å². The number of benzene rings is 2. The van der Waals surface area contributed by atoms with Crippen LogP contribution in [0.5, 0.6) is 11.5 Å². The third-order valence-corrected chi connectivity index (χ3v) is 4.29. The Kier molecular flexibility index (Phi) is 7.07. The zero-order chi connectivity index (χ0) is 20.0. The van der Waals surface area contributed by atoms with Gasteiger partial charge in [-0.05, 0) is 12.5 Å². The number of ether oxygens (including phenoxy) is 2. The Bertz CT molecular complexity index is 839. The number of rotatable bonds is 7. The number of methoxy groups -OCH3 is 2. The zero-order valence-corrected chi connectivity index (χ0v) is 16.6. The molecule has 0 atom stereocenters. The van der Waals surface area contributed by atoms with Crippen molar-refractivity contribution >= 4 is 29.1 Å². The predicted octanol–water partition coefficient (Wildman–Crippen LogP) is 3.33. The molecule has 0 saturated carbocycles. The van der Waals surface area contributed by atoms with Gasteiger partial charge in [0.25, 0.3) is 0 Å². The summed E-state index contributed by atoms with van der Waals surface area (Å²) >= 11 is 6.11. The van der Waals surface area contributed by atoms with Crippen LogP contribution in [-0.4, -0.2) is 32.6 Å². The van der Waals surface area contributed by atoms with Crippen molar-refractivity contribution < 1.29 is 19.1 Å². The Morgan fingerprint density at radius 3 is 2.41 bits per heavy atom. The van der Waals surface area contributed by atoms with Gasteiger partial charge in [-0.25, -0.2) is 0 Å². The molecule has 0 aromatic heterocycles. The molecule has 0 aliphatic rings. The lowest BCUT2D eigenvalue weighted by atomic mass is 10.1. The number of amides is 2. The maximum absolute atomic E-state index is 12.4. The number of halogens is 1. The van der Waals surface area contributed by atoms with Crippen LogP contribution in [0, 0.1) is 6.92 Å². The van der Waals surface area contributed by atoms with E-state index in [1.165, 1.54) is 26.0 Å². The van der Waals surface area contributed by atoms with E-state index in [1.54, 1.807) is 12.1 Å². The molecule has 2 amide bonds.